The lowest BCUT2D eigenvalue weighted by atomic mass is 9.96. The normalized spacial score (nSPS) is 15.4. The number of amides is 2. The maximum atomic E-state index is 11.5. The average molecular weight is 278 g/mol. The predicted molar refractivity (Wildman–Crippen MR) is 73.9 cm³/mol. The van der Waals surface area contributed by atoms with Crippen molar-refractivity contribution in [2.45, 2.75) is 18.3 Å². The summed E-state index contributed by atoms with van der Waals surface area (Å²) in [6, 6.07) is 6.63. The Morgan fingerprint density at radius 1 is 1.30 bits per heavy atom. The minimum Gasteiger partial charge on any atom is -0.481 e. The van der Waals surface area contributed by atoms with Gasteiger partial charge in [0.15, 0.2) is 0 Å². The van der Waals surface area contributed by atoms with E-state index in [4.69, 9.17) is 4.74 Å². The summed E-state index contributed by atoms with van der Waals surface area (Å²) in [5, 5.41) is 14.5. The van der Waals surface area contributed by atoms with Crippen molar-refractivity contribution in [2.24, 2.45) is 0 Å². The topological polar surface area (TPSA) is 87.7 Å². The smallest absolute Gasteiger partial charge is 0.319 e. The second kappa shape index (κ2) is 5.92. The summed E-state index contributed by atoms with van der Waals surface area (Å²) >= 11 is 0. The van der Waals surface area contributed by atoms with Crippen molar-refractivity contribution in [3.05, 3.63) is 29.8 Å². The summed E-state index contributed by atoms with van der Waals surface area (Å²) in [6.07, 6.45) is 1.35. The molecule has 1 aromatic carbocycles. The fourth-order valence-electron chi connectivity index (χ4n) is 2.07. The number of benzene rings is 1. The number of carbonyl (C=O) groups excluding carboxylic acids is 1. The highest BCUT2D eigenvalue weighted by atomic mass is 16.5. The van der Waals surface area contributed by atoms with Gasteiger partial charge >= 0.3 is 12.0 Å². The maximum absolute atomic E-state index is 11.5. The highest BCUT2D eigenvalue weighted by Gasteiger charge is 2.51. The van der Waals surface area contributed by atoms with E-state index in [2.05, 4.69) is 10.6 Å². The Hall–Kier alpha value is -2.08. The van der Waals surface area contributed by atoms with E-state index in [9.17, 15) is 14.7 Å². The number of nitrogens with one attached hydrogen (secondary N) is 2. The van der Waals surface area contributed by atoms with Crippen LogP contribution in [0.5, 0.6) is 0 Å². The van der Waals surface area contributed by atoms with Crippen molar-refractivity contribution in [2.75, 3.05) is 25.6 Å². The number of hydrogen-bond acceptors (Lipinski definition) is 3. The van der Waals surface area contributed by atoms with Crippen molar-refractivity contribution in [3.63, 3.8) is 0 Å². The molecule has 0 radical (unpaired) electrons. The van der Waals surface area contributed by atoms with Crippen LogP contribution < -0.4 is 10.6 Å². The van der Waals surface area contributed by atoms with Gasteiger partial charge in [-0.1, -0.05) is 12.1 Å². The molecule has 0 aliphatic heterocycles. The molecule has 0 spiro atoms. The SMILES string of the molecule is COCCNC(=O)Nc1ccc(C2(C(=O)O)CC2)cc1. The van der Waals surface area contributed by atoms with Gasteiger partial charge in [0.2, 0.25) is 0 Å². The molecule has 1 aromatic rings. The van der Waals surface area contributed by atoms with E-state index in [-0.39, 0.29) is 6.03 Å². The fraction of sp³-hybridized carbons (Fsp3) is 0.429. The Balaban J connectivity index is 1.92. The first-order valence-electron chi connectivity index (χ1n) is 6.46. The number of ether oxygens (including phenoxy) is 1. The van der Waals surface area contributed by atoms with Gasteiger partial charge in [-0.05, 0) is 30.5 Å². The molecular formula is C14H18N2O4. The number of hydrogen-bond donors (Lipinski definition) is 3. The number of carboxylic acids is 1. The van der Waals surface area contributed by atoms with E-state index in [0.717, 1.165) is 5.56 Å². The van der Waals surface area contributed by atoms with E-state index in [0.29, 0.717) is 31.7 Å². The minimum absolute atomic E-state index is 0.311. The van der Waals surface area contributed by atoms with Gasteiger partial charge in [0, 0.05) is 19.3 Å². The Morgan fingerprint density at radius 3 is 2.45 bits per heavy atom. The Bertz CT molecular complexity index is 494. The van der Waals surface area contributed by atoms with Gasteiger partial charge in [-0.3, -0.25) is 4.79 Å². The maximum Gasteiger partial charge on any atom is 0.319 e. The molecule has 0 unspecified atom stereocenters. The summed E-state index contributed by atoms with van der Waals surface area (Å²) in [5.41, 5.74) is 0.708. The van der Waals surface area contributed by atoms with Crippen LogP contribution in [0.1, 0.15) is 18.4 Å². The van der Waals surface area contributed by atoms with Crippen molar-refractivity contribution < 1.29 is 19.4 Å². The van der Waals surface area contributed by atoms with Crippen LogP contribution >= 0.6 is 0 Å². The van der Waals surface area contributed by atoms with Crippen LogP contribution in [-0.4, -0.2) is 37.4 Å². The summed E-state index contributed by atoms with van der Waals surface area (Å²) in [5.74, 6) is -0.782. The molecule has 3 N–H and O–H groups in total. The lowest BCUT2D eigenvalue weighted by Crippen LogP contribution is -2.31. The number of rotatable bonds is 6. The van der Waals surface area contributed by atoms with Gasteiger partial charge in [-0.2, -0.15) is 0 Å². The summed E-state index contributed by atoms with van der Waals surface area (Å²) < 4.78 is 4.83. The molecule has 0 saturated heterocycles. The zero-order chi connectivity index (χ0) is 14.6. The summed E-state index contributed by atoms with van der Waals surface area (Å²) in [7, 11) is 1.56. The molecule has 0 atom stereocenters. The summed E-state index contributed by atoms with van der Waals surface area (Å²) in [4.78, 5) is 22.7. The molecule has 2 amide bonds. The van der Waals surface area contributed by atoms with Crippen molar-refractivity contribution in [1.82, 2.24) is 5.32 Å². The third-order valence-corrected chi connectivity index (χ3v) is 3.45. The minimum atomic E-state index is -0.782. The third kappa shape index (κ3) is 3.08. The van der Waals surface area contributed by atoms with Crippen LogP contribution in [0.15, 0.2) is 24.3 Å². The lowest BCUT2D eigenvalue weighted by molar-refractivity contribution is -0.140. The van der Waals surface area contributed by atoms with Crippen LogP contribution in [0.25, 0.3) is 0 Å². The van der Waals surface area contributed by atoms with E-state index in [1.54, 1.807) is 31.4 Å². The van der Waals surface area contributed by atoms with Crippen molar-refractivity contribution in [1.29, 1.82) is 0 Å². The average Bonchev–Trinajstić information content (AvgIpc) is 3.21. The zero-order valence-corrected chi connectivity index (χ0v) is 11.3. The van der Waals surface area contributed by atoms with Gasteiger partial charge in [-0.25, -0.2) is 4.79 Å². The first kappa shape index (κ1) is 14.3. The Morgan fingerprint density at radius 2 is 1.95 bits per heavy atom. The van der Waals surface area contributed by atoms with Crippen LogP contribution in [0.4, 0.5) is 10.5 Å². The molecule has 108 valence electrons. The first-order chi connectivity index (χ1) is 9.58. The molecular weight excluding hydrogens is 260 g/mol. The van der Waals surface area contributed by atoms with Crippen LogP contribution in [-0.2, 0) is 14.9 Å². The monoisotopic (exact) mass is 278 g/mol. The predicted octanol–water partition coefficient (Wildman–Crippen LogP) is 1.57. The van der Waals surface area contributed by atoms with Gasteiger partial charge in [0.1, 0.15) is 0 Å². The zero-order valence-electron chi connectivity index (χ0n) is 11.3. The van der Waals surface area contributed by atoms with E-state index in [1.807, 2.05) is 0 Å². The molecule has 1 fully saturated rings. The number of carbonyl (C=O) groups is 2. The number of aliphatic carboxylic acids is 1. The van der Waals surface area contributed by atoms with Crippen molar-refractivity contribution in [3.8, 4) is 0 Å². The lowest BCUT2D eigenvalue weighted by Gasteiger charge is -2.11. The largest absolute Gasteiger partial charge is 0.481 e. The highest BCUT2D eigenvalue weighted by Crippen LogP contribution is 2.48. The van der Waals surface area contributed by atoms with Crippen molar-refractivity contribution >= 4 is 17.7 Å². The molecule has 1 aliphatic carbocycles. The van der Waals surface area contributed by atoms with Gasteiger partial charge in [0.05, 0.1) is 12.0 Å². The summed E-state index contributed by atoms with van der Waals surface area (Å²) in [6.45, 7) is 0.885. The van der Waals surface area contributed by atoms with Gasteiger partial charge < -0.3 is 20.5 Å². The highest BCUT2D eigenvalue weighted by molar-refractivity contribution is 5.89. The molecule has 6 nitrogen and oxygen atoms in total. The second-order valence-corrected chi connectivity index (χ2v) is 4.84. The number of anilines is 1. The van der Waals surface area contributed by atoms with Crippen LogP contribution in [0.3, 0.4) is 0 Å². The van der Waals surface area contributed by atoms with E-state index >= 15 is 0 Å². The Labute approximate surface area is 117 Å². The molecule has 1 saturated carbocycles. The third-order valence-electron chi connectivity index (χ3n) is 3.45. The quantitative estimate of drug-likeness (QED) is 0.689. The van der Waals surface area contributed by atoms with Crippen LogP contribution in [0.2, 0.25) is 0 Å². The number of urea groups is 1. The molecule has 0 heterocycles. The molecule has 0 bridgehead atoms. The van der Waals surface area contributed by atoms with Gasteiger partial charge in [0.25, 0.3) is 0 Å². The molecule has 20 heavy (non-hydrogen) atoms. The fourth-order valence-corrected chi connectivity index (χ4v) is 2.07. The first-order valence-corrected chi connectivity index (χ1v) is 6.46. The molecule has 6 heteroatoms. The molecule has 0 aromatic heterocycles. The number of methoxy groups -OCH3 is 1. The molecule has 2 rings (SSSR count). The molecule has 1 aliphatic rings. The Kier molecular flexibility index (Phi) is 4.24. The van der Waals surface area contributed by atoms with E-state index < -0.39 is 11.4 Å². The number of carboxylic acid groups (broad SMARTS) is 1. The second-order valence-electron chi connectivity index (χ2n) is 4.84. The van der Waals surface area contributed by atoms with E-state index in [1.165, 1.54) is 0 Å². The van der Waals surface area contributed by atoms with Gasteiger partial charge in [-0.15, -0.1) is 0 Å². The standard InChI is InChI=1S/C14H18N2O4/c1-20-9-8-15-13(19)16-11-4-2-10(3-5-11)14(6-7-14)12(17)18/h2-5H,6-9H2,1H3,(H,17,18)(H2,15,16,19). The van der Waals surface area contributed by atoms with Crippen LogP contribution in [0, 0.1) is 0 Å².